The number of aliphatic hydroxyl groups excluding tert-OH is 1. The van der Waals surface area contributed by atoms with Crippen LogP contribution in [0.15, 0.2) is 11.6 Å². The van der Waals surface area contributed by atoms with Gasteiger partial charge in [0.05, 0.1) is 6.10 Å². The van der Waals surface area contributed by atoms with Crippen molar-refractivity contribution in [3.05, 3.63) is 11.6 Å². The summed E-state index contributed by atoms with van der Waals surface area (Å²) < 4.78 is 0. The highest BCUT2D eigenvalue weighted by atomic mass is 16.3. The second kappa shape index (κ2) is 4.85. The predicted octanol–water partition coefficient (Wildman–Crippen LogP) is 3.90. The van der Waals surface area contributed by atoms with Crippen molar-refractivity contribution in [1.82, 2.24) is 5.32 Å². The van der Waals surface area contributed by atoms with Crippen LogP contribution >= 0.6 is 0 Å². The third-order valence-corrected chi connectivity index (χ3v) is 9.08. The molecule has 2 heteroatoms. The zero-order chi connectivity index (χ0) is 15.8. The van der Waals surface area contributed by atoms with Gasteiger partial charge in [-0.1, -0.05) is 25.5 Å². The molecule has 1 aliphatic heterocycles. The average Bonchev–Trinajstić information content (AvgIpc) is 3.29. The van der Waals surface area contributed by atoms with Gasteiger partial charge in [-0.25, -0.2) is 0 Å². The summed E-state index contributed by atoms with van der Waals surface area (Å²) >= 11 is 0. The maximum absolute atomic E-state index is 10.1. The fraction of sp³-hybridized carbons (Fsp3) is 0.905. The van der Waals surface area contributed by atoms with Crippen LogP contribution in [-0.2, 0) is 0 Å². The van der Waals surface area contributed by atoms with Crippen molar-refractivity contribution in [2.75, 3.05) is 6.54 Å². The van der Waals surface area contributed by atoms with E-state index in [-0.39, 0.29) is 6.10 Å². The Kier molecular flexibility index (Phi) is 3.15. The summed E-state index contributed by atoms with van der Waals surface area (Å²) in [5.74, 6) is 3.70. The highest BCUT2D eigenvalue weighted by Gasteiger charge is 2.60. The van der Waals surface area contributed by atoms with E-state index in [1.165, 1.54) is 45.1 Å². The van der Waals surface area contributed by atoms with Crippen LogP contribution < -0.4 is 5.32 Å². The molecule has 0 bridgehead atoms. The molecule has 0 aromatic rings. The van der Waals surface area contributed by atoms with Gasteiger partial charge in [-0.05, 0) is 85.9 Å². The van der Waals surface area contributed by atoms with Crippen molar-refractivity contribution < 1.29 is 5.11 Å². The normalized spacial score (nSPS) is 58.0. The number of allylic oxidation sites excluding steroid dienone is 1. The number of rotatable bonds is 1. The van der Waals surface area contributed by atoms with E-state index >= 15 is 0 Å². The van der Waals surface area contributed by atoms with Gasteiger partial charge in [0.2, 0.25) is 0 Å². The molecule has 0 amide bonds. The molecule has 1 heterocycles. The van der Waals surface area contributed by atoms with Crippen LogP contribution in [0.4, 0.5) is 0 Å². The fourth-order valence-electron chi connectivity index (χ4n) is 7.70. The van der Waals surface area contributed by atoms with Crippen LogP contribution in [0.5, 0.6) is 0 Å². The number of nitrogens with one attached hydrogen (secondary N) is 1. The van der Waals surface area contributed by atoms with Crippen molar-refractivity contribution in [3.8, 4) is 0 Å². The second-order valence-corrected chi connectivity index (χ2v) is 9.90. The number of hydrogen-bond donors (Lipinski definition) is 2. The van der Waals surface area contributed by atoms with E-state index in [1.807, 2.05) is 0 Å². The molecule has 2 N–H and O–H groups in total. The highest BCUT2D eigenvalue weighted by Crippen LogP contribution is 2.66. The molecule has 4 unspecified atom stereocenters. The van der Waals surface area contributed by atoms with Gasteiger partial charge in [-0.15, -0.1) is 0 Å². The lowest BCUT2D eigenvalue weighted by atomic mass is 9.47. The summed E-state index contributed by atoms with van der Waals surface area (Å²) in [6.07, 6.45) is 12.8. The summed E-state index contributed by atoms with van der Waals surface area (Å²) in [5.41, 5.74) is 2.62. The van der Waals surface area contributed by atoms with Gasteiger partial charge in [0.1, 0.15) is 0 Å². The lowest BCUT2D eigenvalue weighted by Crippen LogP contribution is -2.50. The highest BCUT2D eigenvalue weighted by molar-refractivity contribution is 5.25. The van der Waals surface area contributed by atoms with E-state index in [9.17, 15) is 5.11 Å². The Labute approximate surface area is 141 Å². The minimum Gasteiger partial charge on any atom is -0.393 e. The summed E-state index contributed by atoms with van der Waals surface area (Å²) in [4.78, 5) is 0. The lowest BCUT2D eigenvalue weighted by molar-refractivity contribution is -0.0497. The van der Waals surface area contributed by atoms with Crippen molar-refractivity contribution in [2.45, 2.75) is 77.4 Å². The first kappa shape index (κ1) is 15.0. The van der Waals surface area contributed by atoms with Crippen LogP contribution in [0.25, 0.3) is 0 Å². The summed E-state index contributed by atoms with van der Waals surface area (Å²) in [7, 11) is 0. The molecule has 2 nitrogen and oxygen atoms in total. The molecule has 0 aromatic carbocycles. The lowest BCUT2D eigenvalue weighted by Gasteiger charge is -2.58. The van der Waals surface area contributed by atoms with Crippen LogP contribution in [0.3, 0.4) is 0 Å². The van der Waals surface area contributed by atoms with Gasteiger partial charge in [-0.3, -0.25) is 0 Å². The van der Waals surface area contributed by atoms with Gasteiger partial charge in [-0.2, -0.15) is 0 Å². The van der Waals surface area contributed by atoms with Gasteiger partial charge in [0.15, 0.2) is 0 Å². The second-order valence-electron chi connectivity index (χ2n) is 9.90. The number of aliphatic hydroxyl groups is 1. The largest absolute Gasteiger partial charge is 0.393 e. The molecular formula is C21H33NO. The molecule has 0 spiro atoms. The maximum atomic E-state index is 10.1. The quantitative estimate of drug-likeness (QED) is 0.569. The predicted molar refractivity (Wildman–Crippen MR) is 93.0 cm³/mol. The van der Waals surface area contributed by atoms with Crippen LogP contribution in [0, 0.1) is 34.5 Å². The Balaban J connectivity index is 1.46. The molecule has 5 aliphatic rings. The molecule has 8 atom stereocenters. The van der Waals surface area contributed by atoms with E-state index in [1.54, 1.807) is 5.57 Å². The zero-order valence-corrected chi connectivity index (χ0v) is 14.9. The third-order valence-electron chi connectivity index (χ3n) is 9.08. The number of hydrogen-bond acceptors (Lipinski definition) is 2. The molecule has 128 valence electrons. The van der Waals surface area contributed by atoms with Crippen LogP contribution in [0.2, 0.25) is 0 Å². The fourth-order valence-corrected chi connectivity index (χ4v) is 7.70. The Hall–Kier alpha value is -0.340. The molecular weight excluding hydrogens is 282 g/mol. The summed E-state index contributed by atoms with van der Waals surface area (Å²) in [5, 5.41) is 13.7. The zero-order valence-electron chi connectivity index (χ0n) is 14.9. The molecule has 3 saturated carbocycles. The van der Waals surface area contributed by atoms with E-state index in [0.717, 1.165) is 42.6 Å². The Morgan fingerprint density at radius 2 is 1.83 bits per heavy atom. The first-order valence-corrected chi connectivity index (χ1v) is 10.1. The third kappa shape index (κ3) is 2.00. The Morgan fingerprint density at radius 3 is 2.61 bits per heavy atom. The molecule has 5 rings (SSSR count). The SMILES string of the molecule is C[C@]12CCC(O)CC1=CCC1C2CC[C@@]2(C)C1CC[C@@H]2[C@H]1CN1. The monoisotopic (exact) mass is 315 g/mol. The standard InChI is InChI=1S/C21H33NO/c1-20-9-7-14(23)11-13(20)3-4-15-16-5-6-18(19-12-22-19)21(16,2)10-8-17(15)20/h3,14-19,22-23H,4-12H2,1-2H3/t14?,15?,16?,17?,18-,19-,20+,21+/m1/s1. The van der Waals surface area contributed by atoms with Crippen molar-refractivity contribution in [1.29, 1.82) is 0 Å². The van der Waals surface area contributed by atoms with Crippen LogP contribution in [0.1, 0.15) is 65.2 Å². The van der Waals surface area contributed by atoms with E-state index in [2.05, 4.69) is 25.2 Å². The molecule has 1 saturated heterocycles. The topological polar surface area (TPSA) is 42.2 Å². The maximum Gasteiger partial charge on any atom is 0.0577 e. The average molecular weight is 316 g/mol. The molecule has 4 fully saturated rings. The van der Waals surface area contributed by atoms with Gasteiger partial charge < -0.3 is 10.4 Å². The van der Waals surface area contributed by atoms with Crippen molar-refractivity contribution in [2.24, 2.45) is 34.5 Å². The molecule has 0 radical (unpaired) electrons. The van der Waals surface area contributed by atoms with Crippen molar-refractivity contribution in [3.63, 3.8) is 0 Å². The summed E-state index contributed by atoms with van der Waals surface area (Å²) in [6.45, 7) is 6.46. The first-order valence-electron chi connectivity index (χ1n) is 10.1. The van der Waals surface area contributed by atoms with E-state index < -0.39 is 0 Å². The molecule has 4 aliphatic carbocycles. The minimum atomic E-state index is -0.0727. The van der Waals surface area contributed by atoms with Crippen LogP contribution in [-0.4, -0.2) is 23.8 Å². The van der Waals surface area contributed by atoms with Gasteiger partial charge >= 0.3 is 0 Å². The van der Waals surface area contributed by atoms with Gasteiger partial charge in [0, 0.05) is 12.6 Å². The first-order chi connectivity index (χ1) is 11.0. The number of fused-ring (bicyclic) bond motifs is 5. The smallest absolute Gasteiger partial charge is 0.0577 e. The van der Waals surface area contributed by atoms with E-state index in [0.29, 0.717) is 10.8 Å². The molecule has 23 heavy (non-hydrogen) atoms. The minimum absolute atomic E-state index is 0.0727. The van der Waals surface area contributed by atoms with E-state index in [4.69, 9.17) is 0 Å². The molecule has 0 aromatic heterocycles. The van der Waals surface area contributed by atoms with Gasteiger partial charge in [0.25, 0.3) is 0 Å². The Morgan fingerprint density at radius 1 is 1.04 bits per heavy atom. The van der Waals surface area contributed by atoms with Crippen molar-refractivity contribution >= 4 is 0 Å². The summed E-state index contributed by atoms with van der Waals surface area (Å²) in [6, 6.07) is 0.844. The Bertz CT molecular complexity index is 538.